The first-order valence-corrected chi connectivity index (χ1v) is 9.43. The zero-order chi connectivity index (χ0) is 23.3. The second-order valence-corrected chi connectivity index (χ2v) is 6.51. The summed E-state index contributed by atoms with van der Waals surface area (Å²) in [4.78, 5) is 28.5. The molecule has 0 unspecified atom stereocenters. The van der Waals surface area contributed by atoms with Gasteiger partial charge in [0.15, 0.2) is 5.82 Å². The van der Waals surface area contributed by atoms with Crippen LogP contribution in [0.1, 0.15) is 38.8 Å². The van der Waals surface area contributed by atoms with Crippen molar-refractivity contribution >= 4 is 11.9 Å². The molecule has 32 heavy (non-hydrogen) atoms. The smallest absolute Gasteiger partial charge is 0.416 e. The van der Waals surface area contributed by atoms with Crippen LogP contribution in [-0.4, -0.2) is 40.4 Å². The fourth-order valence-electron chi connectivity index (χ4n) is 2.75. The van der Waals surface area contributed by atoms with Crippen molar-refractivity contribution in [3.05, 3.63) is 71.2 Å². The Labute approximate surface area is 181 Å². The zero-order valence-corrected chi connectivity index (χ0v) is 17.1. The maximum absolute atomic E-state index is 12.6. The normalized spacial score (nSPS) is 11.2. The van der Waals surface area contributed by atoms with Gasteiger partial charge in [0, 0.05) is 25.0 Å². The lowest BCUT2D eigenvalue weighted by Crippen LogP contribution is -2.23. The summed E-state index contributed by atoms with van der Waals surface area (Å²) in [5, 5.41) is 6.67. The van der Waals surface area contributed by atoms with Crippen LogP contribution in [0.3, 0.4) is 0 Å². The summed E-state index contributed by atoms with van der Waals surface area (Å²) >= 11 is 0. The fourth-order valence-corrected chi connectivity index (χ4v) is 2.75. The van der Waals surface area contributed by atoms with E-state index in [0.29, 0.717) is 11.4 Å². The zero-order valence-electron chi connectivity index (χ0n) is 17.1. The van der Waals surface area contributed by atoms with Gasteiger partial charge in [0.05, 0.1) is 36.6 Å². The second-order valence-electron chi connectivity index (χ2n) is 6.51. The predicted molar refractivity (Wildman–Crippen MR) is 106 cm³/mol. The molecule has 2 aromatic heterocycles. The SMILES string of the molecule is CCOC(=O)c1cnn(-c2cc(OC)c(C(=O)NCc3ccc(C(F)(F)F)cc3)cn2)c1. The van der Waals surface area contributed by atoms with Crippen LogP contribution in [0.4, 0.5) is 13.2 Å². The number of carbonyl (C=O) groups excluding carboxylic acids is 2. The summed E-state index contributed by atoms with van der Waals surface area (Å²) in [6, 6.07) is 5.95. The van der Waals surface area contributed by atoms with Crippen LogP contribution in [0.2, 0.25) is 0 Å². The molecule has 0 atom stereocenters. The minimum absolute atomic E-state index is 0.0178. The Morgan fingerprint density at radius 2 is 1.88 bits per heavy atom. The number of aromatic nitrogens is 3. The van der Waals surface area contributed by atoms with Crippen LogP contribution in [0, 0.1) is 0 Å². The molecule has 0 aliphatic carbocycles. The van der Waals surface area contributed by atoms with E-state index in [1.54, 1.807) is 6.92 Å². The van der Waals surface area contributed by atoms with Gasteiger partial charge in [0.2, 0.25) is 0 Å². The van der Waals surface area contributed by atoms with Gasteiger partial charge in [0.25, 0.3) is 5.91 Å². The third-order valence-corrected chi connectivity index (χ3v) is 4.38. The van der Waals surface area contributed by atoms with E-state index in [9.17, 15) is 22.8 Å². The lowest BCUT2D eigenvalue weighted by Gasteiger charge is -2.11. The molecule has 1 N–H and O–H groups in total. The van der Waals surface area contributed by atoms with Gasteiger partial charge in [-0.25, -0.2) is 14.5 Å². The minimum Gasteiger partial charge on any atom is -0.496 e. The van der Waals surface area contributed by atoms with Crippen LogP contribution in [0.25, 0.3) is 5.82 Å². The molecular formula is C21H19F3N4O4. The van der Waals surface area contributed by atoms with Crippen molar-refractivity contribution < 1.29 is 32.2 Å². The van der Waals surface area contributed by atoms with Crippen molar-refractivity contribution in [2.75, 3.05) is 13.7 Å². The number of hydrogen-bond acceptors (Lipinski definition) is 6. The molecule has 0 saturated heterocycles. The molecule has 2 heterocycles. The number of halogens is 3. The van der Waals surface area contributed by atoms with E-state index in [1.807, 2.05) is 0 Å². The maximum atomic E-state index is 12.6. The summed E-state index contributed by atoms with van der Waals surface area (Å²) in [5.41, 5.74) is 0.101. The molecule has 0 radical (unpaired) electrons. The van der Waals surface area contributed by atoms with Crippen LogP contribution >= 0.6 is 0 Å². The lowest BCUT2D eigenvalue weighted by atomic mass is 10.1. The van der Waals surface area contributed by atoms with Crippen molar-refractivity contribution in [3.8, 4) is 11.6 Å². The molecule has 0 saturated carbocycles. The molecule has 3 rings (SSSR count). The lowest BCUT2D eigenvalue weighted by molar-refractivity contribution is -0.137. The van der Waals surface area contributed by atoms with Crippen LogP contribution < -0.4 is 10.1 Å². The average Bonchev–Trinajstić information content (AvgIpc) is 3.27. The molecule has 1 aromatic carbocycles. The van der Waals surface area contributed by atoms with E-state index in [-0.39, 0.29) is 30.0 Å². The highest BCUT2D eigenvalue weighted by Crippen LogP contribution is 2.29. The predicted octanol–water partition coefficient (Wildman–Crippen LogP) is 3.40. The first-order valence-electron chi connectivity index (χ1n) is 9.43. The molecule has 0 aliphatic rings. The highest BCUT2D eigenvalue weighted by Gasteiger charge is 2.29. The third-order valence-electron chi connectivity index (χ3n) is 4.38. The van der Waals surface area contributed by atoms with E-state index < -0.39 is 23.6 Å². The topological polar surface area (TPSA) is 95.3 Å². The standard InChI is InChI=1S/C21H19F3N4O4/c1-3-32-20(30)14-10-27-28(12-14)18-8-17(31-2)16(11-25-18)19(29)26-9-13-4-6-15(7-5-13)21(22,23)24/h4-8,10-12H,3,9H2,1-2H3,(H,26,29). The minimum atomic E-state index is -4.42. The number of amides is 1. The number of rotatable bonds is 7. The summed E-state index contributed by atoms with van der Waals surface area (Å²) in [6.45, 7) is 1.94. The number of carbonyl (C=O) groups is 2. The number of nitrogens with zero attached hydrogens (tertiary/aromatic N) is 3. The third kappa shape index (κ3) is 5.23. The van der Waals surface area contributed by atoms with Crippen molar-refractivity contribution in [2.45, 2.75) is 19.6 Å². The quantitative estimate of drug-likeness (QED) is 0.557. The highest BCUT2D eigenvalue weighted by molar-refractivity contribution is 5.96. The van der Waals surface area contributed by atoms with Gasteiger partial charge in [-0.1, -0.05) is 12.1 Å². The summed E-state index contributed by atoms with van der Waals surface area (Å²) in [7, 11) is 1.37. The number of methoxy groups -OCH3 is 1. The number of pyridine rings is 1. The van der Waals surface area contributed by atoms with Gasteiger partial charge in [-0.2, -0.15) is 18.3 Å². The highest BCUT2D eigenvalue weighted by atomic mass is 19.4. The molecule has 11 heteroatoms. The maximum Gasteiger partial charge on any atom is 0.416 e. The second kappa shape index (κ2) is 9.50. The van der Waals surface area contributed by atoms with Gasteiger partial charge in [-0.3, -0.25) is 4.79 Å². The van der Waals surface area contributed by atoms with Crippen molar-refractivity contribution in [2.24, 2.45) is 0 Å². The molecule has 0 spiro atoms. The Morgan fingerprint density at radius 1 is 1.16 bits per heavy atom. The summed E-state index contributed by atoms with van der Waals surface area (Å²) < 4.78 is 49.5. The van der Waals surface area contributed by atoms with E-state index in [0.717, 1.165) is 12.1 Å². The van der Waals surface area contributed by atoms with Crippen LogP contribution in [-0.2, 0) is 17.5 Å². The van der Waals surface area contributed by atoms with Gasteiger partial charge >= 0.3 is 12.1 Å². The molecule has 168 valence electrons. The Kier molecular flexibility index (Phi) is 6.76. The van der Waals surface area contributed by atoms with Crippen LogP contribution in [0.15, 0.2) is 48.9 Å². The Bertz CT molecular complexity index is 1110. The average molecular weight is 448 g/mol. The van der Waals surface area contributed by atoms with Crippen molar-refractivity contribution in [1.82, 2.24) is 20.1 Å². The first kappa shape index (κ1) is 22.8. The number of alkyl halides is 3. The van der Waals surface area contributed by atoms with Gasteiger partial charge in [0.1, 0.15) is 5.75 Å². The fraction of sp³-hybridized carbons (Fsp3) is 0.238. The molecular weight excluding hydrogens is 429 g/mol. The van der Waals surface area contributed by atoms with Crippen LogP contribution in [0.5, 0.6) is 5.75 Å². The summed E-state index contributed by atoms with van der Waals surface area (Å²) in [5.74, 6) is -0.539. The first-order chi connectivity index (χ1) is 15.2. The number of ether oxygens (including phenoxy) is 2. The van der Waals surface area contributed by atoms with E-state index >= 15 is 0 Å². The van der Waals surface area contributed by atoms with E-state index in [1.165, 1.54) is 48.6 Å². The van der Waals surface area contributed by atoms with Gasteiger partial charge in [-0.05, 0) is 24.6 Å². The van der Waals surface area contributed by atoms with E-state index in [4.69, 9.17) is 9.47 Å². The molecule has 0 fully saturated rings. The Hall–Kier alpha value is -3.89. The monoisotopic (exact) mass is 448 g/mol. The van der Waals surface area contributed by atoms with E-state index in [2.05, 4.69) is 15.4 Å². The van der Waals surface area contributed by atoms with Crippen molar-refractivity contribution in [1.29, 1.82) is 0 Å². The molecule has 0 bridgehead atoms. The largest absolute Gasteiger partial charge is 0.496 e. The number of hydrogen-bond donors (Lipinski definition) is 1. The molecule has 8 nitrogen and oxygen atoms in total. The summed E-state index contributed by atoms with van der Waals surface area (Å²) in [6.07, 6.45) is -0.378. The number of benzene rings is 1. The Balaban J connectivity index is 1.71. The number of nitrogens with one attached hydrogen (secondary N) is 1. The van der Waals surface area contributed by atoms with Crippen molar-refractivity contribution in [3.63, 3.8) is 0 Å². The van der Waals surface area contributed by atoms with Gasteiger partial charge < -0.3 is 14.8 Å². The molecule has 1 amide bonds. The molecule has 0 aliphatic heterocycles. The number of esters is 1. The molecule has 3 aromatic rings. The van der Waals surface area contributed by atoms with Gasteiger partial charge in [-0.15, -0.1) is 0 Å². The Morgan fingerprint density at radius 3 is 2.50 bits per heavy atom.